The van der Waals surface area contributed by atoms with Crippen LogP contribution in [0.15, 0.2) is 0 Å². The number of ether oxygens (including phenoxy) is 1. The van der Waals surface area contributed by atoms with Gasteiger partial charge in [-0.25, -0.2) is 8.98 Å². The highest BCUT2D eigenvalue weighted by Crippen LogP contribution is 2.24. The molecule has 0 aliphatic carbocycles. The number of aliphatic carboxylic acids is 1. The zero-order valence-corrected chi connectivity index (χ0v) is 9.12. The van der Waals surface area contributed by atoms with E-state index in [1.807, 2.05) is 0 Å². The van der Waals surface area contributed by atoms with Crippen LogP contribution in [0, 0.1) is 5.92 Å². The standard InChI is InChI=1S/C7H12O8S/c1-3-5(8)4(15-16(11,12)13)2-14-6(3)7(9)10/h3-6,8H,2H2,1H3,(H,9,10)(H,11,12,13)/t3-,4?,5+,6?/m0/s1. The Morgan fingerprint density at radius 1 is 1.50 bits per heavy atom. The molecule has 0 aromatic heterocycles. The molecule has 0 aromatic carbocycles. The van der Waals surface area contributed by atoms with E-state index in [0.29, 0.717) is 0 Å². The van der Waals surface area contributed by atoms with E-state index in [1.165, 1.54) is 6.92 Å². The smallest absolute Gasteiger partial charge is 0.397 e. The maximum atomic E-state index is 10.7. The van der Waals surface area contributed by atoms with Gasteiger partial charge in [0.1, 0.15) is 6.10 Å². The fourth-order valence-corrected chi connectivity index (χ4v) is 1.99. The van der Waals surface area contributed by atoms with Crippen molar-refractivity contribution in [3.8, 4) is 0 Å². The topological polar surface area (TPSA) is 130 Å². The molecule has 9 heteroatoms. The fraction of sp³-hybridized carbons (Fsp3) is 0.857. The molecule has 1 rings (SSSR count). The van der Waals surface area contributed by atoms with Crippen LogP contribution in [0.25, 0.3) is 0 Å². The molecule has 1 heterocycles. The van der Waals surface area contributed by atoms with Gasteiger partial charge < -0.3 is 14.9 Å². The van der Waals surface area contributed by atoms with Gasteiger partial charge in [0.2, 0.25) is 0 Å². The van der Waals surface area contributed by atoms with E-state index in [1.54, 1.807) is 0 Å². The summed E-state index contributed by atoms with van der Waals surface area (Å²) in [6.07, 6.45) is -3.88. The van der Waals surface area contributed by atoms with Crippen molar-refractivity contribution in [3.63, 3.8) is 0 Å². The van der Waals surface area contributed by atoms with Crippen molar-refractivity contribution in [2.24, 2.45) is 5.92 Å². The molecule has 94 valence electrons. The Morgan fingerprint density at radius 3 is 2.50 bits per heavy atom. The minimum Gasteiger partial charge on any atom is -0.479 e. The molecule has 0 saturated carbocycles. The van der Waals surface area contributed by atoms with Gasteiger partial charge in [-0.05, 0) is 0 Å². The fourth-order valence-electron chi connectivity index (χ4n) is 1.50. The van der Waals surface area contributed by atoms with Crippen molar-refractivity contribution in [3.05, 3.63) is 0 Å². The maximum absolute atomic E-state index is 10.7. The molecule has 3 N–H and O–H groups in total. The molecular formula is C7H12O8S. The van der Waals surface area contributed by atoms with Crippen LogP contribution < -0.4 is 0 Å². The van der Waals surface area contributed by atoms with Crippen LogP contribution in [0.3, 0.4) is 0 Å². The molecule has 0 bridgehead atoms. The van der Waals surface area contributed by atoms with E-state index in [4.69, 9.17) is 14.4 Å². The van der Waals surface area contributed by atoms with Crippen LogP contribution in [0.4, 0.5) is 0 Å². The third-order valence-electron chi connectivity index (χ3n) is 2.33. The largest absolute Gasteiger partial charge is 0.479 e. The first-order valence-corrected chi connectivity index (χ1v) is 5.77. The number of aliphatic hydroxyl groups excluding tert-OH is 1. The van der Waals surface area contributed by atoms with Gasteiger partial charge in [0.15, 0.2) is 6.10 Å². The summed E-state index contributed by atoms with van der Waals surface area (Å²) < 4.78 is 38.2. The average molecular weight is 256 g/mol. The molecular weight excluding hydrogens is 244 g/mol. The van der Waals surface area contributed by atoms with Gasteiger partial charge in [-0.3, -0.25) is 4.55 Å². The molecule has 2 unspecified atom stereocenters. The van der Waals surface area contributed by atoms with E-state index in [-0.39, 0.29) is 0 Å². The monoisotopic (exact) mass is 256 g/mol. The zero-order valence-electron chi connectivity index (χ0n) is 8.31. The number of carbonyl (C=O) groups is 1. The SMILES string of the molecule is C[C@@H]1C(C(=O)O)OCC(OS(=O)(=O)O)[C@@H]1O. The van der Waals surface area contributed by atoms with Crippen molar-refractivity contribution in [1.82, 2.24) is 0 Å². The molecule has 0 aromatic rings. The summed E-state index contributed by atoms with van der Waals surface area (Å²) in [6, 6.07) is 0. The second-order valence-corrected chi connectivity index (χ2v) is 4.55. The van der Waals surface area contributed by atoms with Gasteiger partial charge in [-0.1, -0.05) is 6.92 Å². The van der Waals surface area contributed by atoms with Gasteiger partial charge in [0, 0.05) is 5.92 Å². The molecule has 16 heavy (non-hydrogen) atoms. The van der Waals surface area contributed by atoms with Gasteiger partial charge >= 0.3 is 16.4 Å². The highest BCUT2D eigenvalue weighted by Gasteiger charge is 2.42. The predicted octanol–water partition coefficient (Wildman–Crippen LogP) is -1.35. The summed E-state index contributed by atoms with van der Waals surface area (Å²) >= 11 is 0. The predicted molar refractivity (Wildman–Crippen MR) is 49.0 cm³/mol. The van der Waals surface area contributed by atoms with Crippen LogP contribution >= 0.6 is 0 Å². The second kappa shape index (κ2) is 4.63. The maximum Gasteiger partial charge on any atom is 0.397 e. The number of carboxylic acid groups (broad SMARTS) is 1. The number of aliphatic hydroxyl groups is 1. The first-order chi connectivity index (χ1) is 7.22. The number of carboxylic acids is 1. The number of hydrogen-bond donors (Lipinski definition) is 3. The molecule has 0 amide bonds. The Bertz CT molecular complexity index is 363. The van der Waals surface area contributed by atoms with E-state index in [9.17, 15) is 18.3 Å². The quantitative estimate of drug-likeness (QED) is 0.528. The average Bonchev–Trinajstić information content (AvgIpc) is 2.10. The van der Waals surface area contributed by atoms with Crippen LogP contribution in [-0.4, -0.2) is 54.1 Å². The normalized spacial score (nSPS) is 35.9. The molecule has 1 aliphatic heterocycles. The van der Waals surface area contributed by atoms with Gasteiger partial charge in [0.05, 0.1) is 12.7 Å². The minimum atomic E-state index is -4.71. The van der Waals surface area contributed by atoms with Crippen LogP contribution in [0.2, 0.25) is 0 Å². The second-order valence-electron chi connectivity index (χ2n) is 3.50. The number of hydrogen-bond acceptors (Lipinski definition) is 6. The summed E-state index contributed by atoms with van der Waals surface area (Å²) in [5, 5.41) is 18.3. The van der Waals surface area contributed by atoms with E-state index in [0.717, 1.165) is 0 Å². The Labute approximate surface area is 91.7 Å². The lowest BCUT2D eigenvalue weighted by Crippen LogP contribution is -2.52. The Hall–Kier alpha value is -0.740. The summed E-state index contributed by atoms with van der Waals surface area (Å²) in [4.78, 5) is 10.7. The minimum absolute atomic E-state index is 0.428. The van der Waals surface area contributed by atoms with Crippen LogP contribution in [0.1, 0.15) is 6.92 Å². The third-order valence-corrected chi connectivity index (χ3v) is 2.82. The zero-order chi connectivity index (χ0) is 12.5. The van der Waals surface area contributed by atoms with Crippen molar-refractivity contribution < 1.29 is 36.9 Å². The van der Waals surface area contributed by atoms with E-state index in [2.05, 4.69) is 4.18 Å². The number of rotatable bonds is 3. The molecule has 8 nitrogen and oxygen atoms in total. The summed E-state index contributed by atoms with van der Waals surface area (Å²) in [5.74, 6) is -2.10. The van der Waals surface area contributed by atoms with Crippen LogP contribution in [0.5, 0.6) is 0 Å². The first kappa shape index (κ1) is 13.3. The lowest BCUT2D eigenvalue weighted by molar-refractivity contribution is -0.179. The highest BCUT2D eigenvalue weighted by molar-refractivity contribution is 7.80. The van der Waals surface area contributed by atoms with Crippen molar-refractivity contribution >= 4 is 16.4 Å². The molecule has 1 aliphatic rings. The van der Waals surface area contributed by atoms with Gasteiger partial charge in [0.25, 0.3) is 0 Å². The van der Waals surface area contributed by atoms with Gasteiger partial charge in [-0.2, -0.15) is 8.42 Å². The molecule has 0 spiro atoms. The highest BCUT2D eigenvalue weighted by atomic mass is 32.3. The van der Waals surface area contributed by atoms with E-state index >= 15 is 0 Å². The lowest BCUT2D eigenvalue weighted by atomic mass is 9.92. The van der Waals surface area contributed by atoms with Crippen LogP contribution in [-0.2, 0) is 24.1 Å². The molecule has 1 fully saturated rings. The summed E-state index contributed by atoms with van der Waals surface area (Å²) in [5.41, 5.74) is 0. The Kier molecular flexibility index (Phi) is 3.86. The molecule has 1 saturated heterocycles. The van der Waals surface area contributed by atoms with Crippen molar-refractivity contribution in [2.45, 2.75) is 25.2 Å². The van der Waals surface area contributed by atoms with Crippen molar-refractivity contribution in [1.29, 1.82) is 0 Å². The Balaban J connectivity index is 2.72. The van der Waals surface area contributed by atoms with E-state index < -0.39 is 47.2 Å². The third kappa shape index (κ3) is 3.12. The Morgan fingerprint density at radius 2 is 2.06 bits per heavy atom. The van der Waals surface area contributed by atoms with Gasteiger partial charge in [-0.15, -0.1) is 0 Å². The summed E-state index contributed by atoms with van der Waals surface area (Å²) in [6.45, 7) is 0.950. The molecule has 4 atom stereocenters. The lowest BCUT2D eigenvalue weighted by Gasteiger charge is -2.35. The summed E-state index contributed by atoms with van der Waals surface area (Å²) in [7, 11) is -4.71. The van der Waals surface area contributed by atoms with Crippen molar-refractivity contribution in [2.75, 3.05) is 6.61 Å². The first-order valence-electron chi connectivity index (χ1n) is 4.40. The molecule has 0 radical (unpaired) electrons.